The van der Waals surface area contributed by atoms with Crippen molar-refractivity contribution in [1.29, 1.82) is 0 Å². The summed E-state index contributed by atoms with van der Waals surface area (Å²) in [6, 6.07) is 10.7. The molecule has 3 rings (SSSR count). The van der Waals surface area contributed by atoms with E-state index in [2.05, 4.69) is 5.32 Å². The van der Waals surface area contributed by atoms with E-state index < -0.39 is 0 Å². The molecule has 0 aliphatic carbocycles. The van der Waals surface area contributed by atoms with Gasteiger partial charge in [-0.1, -0.05) is 11.6 Å². The van der Waals surface area contributed by atoms with E-state index in [4.69, 9.17) is 16.3 Å². The Balaban J connectivity index is 1.51. The quantitative estimate of drug-likeness (QED) is 0.828. The summed E-state index contributed by atoms with van der Waals surface area (Å²) in [5, 5.41) is 3.16. The summed E-state index contributed by atoms with van der Waals surface area (Å²) in [5.41, 5.74) is 1.21. The third kappa shape index (κ3) is 4.52. The molecular weight excluding hydrogens is 359 g/mol. The van der Waals surface area contributed by atoms with Gasteiger partial charge in [0.05, 0.1) is 23.7 Å². The lowest BCUT2D eigenvalue weighted by Gasteiger charge is -2.18. The Morgan fingerprint density at radius 3 is 2.65 bits per heavy atom. The fourth-order valence-corrected chi connectivity index (χ4v) is 3.00. The van der Waals surface area contributed by atoms with Crippen LogP contribution in [0.1, 0.15) is 19.3 Å². The van der Waals surface area contributed by atoms with Gasteiger partial charge in [-0.25, -0.2) is 4.39 Å². The lowest BCUT2D eigenvalue weighted by atomic mass is 10.2. The van der Waals surface area contributed by atoms with E-state index in [-0.39, 0.29) is 30.7 Å². The fraction of sp³-hybridized carbons (Fsp3) is 0.263. The zero-order chi connectivity index (χ0) is 18.5. The molecule has 136 valence electrons. The average molecular weight is 377 g/mol. The number of ether oxygens (including phenoxy) is 1. The van der Waals surface area contributed by atoms with Gasteiger partial charge in [0.15, 0.2) is 0 Å². The molecule has 2 amide bonds. The summed E-state index contributed by atoms with van der Waals surface area (Å²) >= 11 is 6.25. The van der Waals surface area contributed by atoms with Crippen molar-refractivity contribution in [2.45, 2.75) is 19.3 Å². The molecule has 1 aliphatic rings. The van der Waals surface area contributed by atoms with Gasteiger partial charge in [-0.3, -0.25) is 9.59 Å². The second-order valence-corrected chi connectivity index (χ2v) is 6.32. The van der Waals surface area contributed by atoms with E-state index in [9.17, 15) is 14.0 Å². The van der Waals surface area contributed by atoms with Crippen LogP contribution in [-0.4, -0.2) is 25.0 Å². The Morgan fingerprint density at radius 2 is 2.00 bits per heavy atom. The Bertz CT molecular complexity index is 811. The monoisotopic (exact) mass is 376 g/mol. The molecule has 0 saturated carbocycles. The predicted molar refractivity (Wildman–Crippen MR) is 98.2 cm³/mol. The lowest BCUT2D eigenvalue weighted by Crippen LogP contribution is -2.24. The first-order chi connectivity index (χ1) is 12.5. The van der Waals surface area contributed by atoms with Crippen LogP contribution < -0.4 is 15.0 Å². The lowest BCUT2D eigenvalue weighted by molar-refractivity contribution is -0.117. The Hall–Kier alpha value is -2.60. The molecule has 0 aromatic heterocycles. The number of hydrogen-bond acceptors (Lipinski definition) is 3. The van der Waals surface area contributed by atoms with Gasteiger partial charge in [0, 0.05) is 18.7 Å². The summed E-state index contributed by atoms with van der Waals surface area (Å²) in [5.74, 6) is -0.0114. The van der Waals surface area contributed by atoms with Crippen LogP contribution in [0, 0.1) is 5.82 Å². The minimum atomic E-state index is -0.342. The van der Waals surface area contributed by atoms with Crippen molar-refractivity contribution in [2.75, 3.05) is 23.4 Å². The van der Waals surface area contributed by atoms with E-state index >= 15 is 0 Å². The number of hydrogen-bond donors (Lipinski definition) is 1. The number of nitrogens with one attached hydrogen (secondary N) is 1. The number of amides is 2. The molecule has 1 fully saturated rings. The minimum absolute atomic E-state index is 0.0571. The number of benzene rings is 2. The zero-order valence-corrected chi connectivity index (χ0v) is 14.8. The molecule has 2 aromatic carbocycles. The van der Waals surface area contributed by atoms with Crippen LogP contribution in [0.15, 0.2) is 42.5 Å². The van der Waals surface area contributed by atoms with Gasteiger partial charge in [-0.15, -0.1) is 0 Å². The molecule has 0 unspecified atom stereocenters. The molecule has 7 heteroatoms. The van der Waals surface area contributed by atoms with E-state index in [0.29, 0.717) is 35.1 Å². The van der Waals surface area contributed by atoms with Gasteiger partial charge < -0.3 is 15.0 Å². The van der Waals surface area contributed by atoms with Crippen LogP contribution in [0.2, 0.25) is 5.02 Å². The highest BCUT2D eigenvalue weighted by molar-refractivity contribution is 6.34. The summed E-state index contributed by atoms with van der Waals surface area (Å²) < 4.78 is 18.2. The van der Waals surface area contributed by atoms with Gasteiger partial charge in [-0.05, 0) is 48.9 Å². The molecule has 0 atom stereocenters. The molecule has 5 nitrogen and oxygen atoms in total. The molecule has 26 heavy (non-hydrogen) atoms. The number of halogens is 2. The number of carbonyl (C=O) groups is 2. The van der Waals surface area contributed by atoms with Crippen molar-refractivity contribution < 1.29 is 18.7 Å². The van der Waals surface area contributed by atoms with Gasteiger partial charge in [0.1, 0.15) is 11.6 Å². The predicted octanol–water partition coefficient (Wildman–Crippen LogP) is 4.01. The van der Waals surface area contributed by atoms with Gasteiger partial charge in [-0.2, -0.15) is 0 Å². The molecule has 1 aliphatic heterocycles. The molecule has 1 N–H and O–H groups in total. The summed E-state index contributed by atoms with van der Waals surface area (Å²) in [6.45, 7) is 0.830. The normalized spacial score (nSPS) is 13.8. The van der Waals surface area contributed by atoms with Crippen molar-refractivity contribution in [1.82, 2.24) is 0 Å². The Labute approximate surface area is 155 Å². The highest BCUT2D eigenvalue weighted by atomic mass is 35.5. The average Bonchev–Trinajstić information content (AvgIpc) is 3.03. The standard InChI is InChI=1S/C19H18ClFN2O3/c20-16-12-14(5-8-17(16)23-10-1-2-19(23)25)22-18(24)9-11-26-15-6-3-13(21)4-7-15/h3-8,12H,1-2,9-11H2,(H,22,24). The van der Waals surface area contributed by atoms with Gasteiger partial charge in [0.2, 0.25) is 11.8 Å². The third-order valence-corrected chi connectivity index (χ3v) is 4.31. The van der Waals surface area contributed by atoms with Crippen LogP contribution in [0.3, 0.4) is 0 Å². The first-order valence-corrected chi connectivity index (χ1v) is 8.69. The van der Waals surface area contributed by atoms with Crippen molar-refractivity contribution in [3.8, 4) is 5.75 Å². The molecule has 1 heterocycles. The van der Waals surface area contributed by atoms with Gasteiger partial charge in [0.25, 0.3) is 0 Å². The largest absolute Gasteiger partial charge is 0.493 e. The maximum atomic E-state index is 12.8. The molecule has 2 aromatic rings. The Morgan fingerprint density at radius 1 is 1.23 bits per heavy atom. The number of rotatable bonds is 6. The second kappa shape index (κ2) is 8.19. The van der Waals surface area contributed by atoms with Crippen molar-refractivity contribution in [2.24, 2.45) is 0 Å². The highest BCUT2D eigenvalue weighted by Crippen LogP contribution is 2.31. The van der Waals surface area contributed by atoms with Crippen LogP contribution in [0.5, 0.6) is 5.75 Å². The second-order valence-electron chi connectivity index (χ2n) is 5.92. The maximum Gasteiger partial charge on any atom is 0.227 e. The number of carbonyl (C=O) groups excluding carboxylic acids is 2. The first-order valence-electron chi connectivity index (χ1n) is 8.31. The van der Waals surface area contributed by atoms with E-state index in [1.807, 2.05) is 0 Å². The van der Waals surface area contributed by atoms with Crippen molar-refractivity contribution in [3.05, 3.63) is 53.3 Å². The smallest absolute Gasteiger partial charge is 0.227 e. The fourth-order valence-electron chi connectivity index (χ4n) is 2.72. The van der Waals surface area contributed by atoms with Crippen LogP contribution >= 0.6 is 11.6 Å². The molecule has 1 saturated heterocycles. The minimum Gasteiger partial charge on any atom is -0.493 e. The summed E-state index contributed by atoms with van der Waals surface area (Å²) in [6.07, 6.45) is 1.49. The van der Waals surface area contributed by atoms with Crippen LogP contribution in [0.4, 0.5) is 15.8 Å². The molecule has 0 radical (unpaired) electrons. The van der Waals surface area contributed by atoms with Crippen LogP contribution in [-0.2, 0) is 9.59 Å². The maximum absolute atomic E-state index is 12.8. The Kier molecular flexibility index (Phi) is 5.73. The zero-order valence-electron chi connectivity index (χ0n) is 14.0. The van der Waals surface area contributed by atoms with Crippen molar-refractivity contribution in [3.63, 3.8) is 0 Å². The number of nitrogens with zero attached hydrogens (tertiary/aromatic N) is 1. The van der Waals surface area contributed by atoms with Crippen LogP contribution in [0.25, 0.3) is 0 Å². The van der Waals surface area contributed by atoms with Gasteiger partial charge >= 0.3 is 0 Å². The highest BCUT2D eigenvalue weighted by Gasteiger charge is 2.23. The van der Waals surface area contributed by atoms with E-state index in [1.165, 1.54) is 24.3 Å². The third-order valence-electron chi connectivity index (χ3n) is 4.01. The summed E-state index contributed by atoms with van der Waals surface area (Å²) in [4.78, 5) is 25.5. The van der Waals surface area contributed by atoms with E-state index in [1.54, 1.807) is 23.1 Å². The van der Waals surface area contributed by atoms with Crippen molar-refractivity contribution >= 4 is 34.8 Å². The first kappa shape index (κ1) is 18.2. The number of anilines is 2. The van der Waals surface area contributed by atoms with E-state index in [0.717, 1.165) is 6.42 Å². The summed E-state index contributed by atoms with van der Waals surface area (Å²) in [7, 11) is 0. The molecule has 0 spiro atoms. The SMILES string of the molecule is O=C(CCOc1ccc(F)cc1)Nc1ccc(N2CCCC2=O)c(Cl)c1. The molecular formula is C19H18ClFN2O3. The topological polar surface area (TPSA) is 58.6 Å². The molecule has 0 bridgehead atoms.